The molecule has 1 aromatic rings. The van der Waals surface area contributed by atoms with Gasteiger partial charge >= 0.3 is 12.0 Å². The summed E-state index contributed by atoms with van der Waals surface area (Å²) in [6.45, 7) is 1.04. The minimum Gasteiger partial charge on any atom is -0.481 e. The van der Waals surface area contributed by atoms with E-state index in [1.807, 2.05) is 0 Å². The SMILES string of the molecule is O=C(Nc1ccc(Cl)c(N2CCNC2=O)c1)[C@H]1C[C@H]1C(=O)O. The first kappa shape index (κ1) is 14.6. The molecule has 1 saturated carbocycles. The number of rotatable bonds is 4. The molecule has 0 spiro atoms. The first-order chi connectivity index (χ1) is 10.5. The number of carboxylic acids is 1. The van der Waals surface area contributed by atoms with E-state index in [0.29, 0.717) is 35.9 Å². The van der Waals surface area contributed by atoms with Crippen molar-refractivity contribution >= 4 is 40.9 Å². The zero-order valence-corrected chi connectivity index (χ0v) is 12.3. The molecule has 0 bridgehead atoms. The number of aliphatic carboxylic acids is 1. The average Bonchev–Trinajstić information content (AvgIpc) is 3.18. The Hall–Kier alpha value is -2.28. The number of carboxylic acid groups (broad SMARTS) is 1. The van der Waals surface area contributed by atoms with Crippen LogP contribution in [0.1, 0.15) is 6.42 Å². The number of carbonyl (C=O) groups excluding carboxylic acids is 2. The van der Waals surface area contributed by atoms with E-state index in [0.717, 1.165) is 0 Å². The Morgan fingerprint density at radius 1 is 1.36 bits per heavy atom. The van der Waals surface area contributed by atoms with Gasteiger partial charge in [0.1, 0.15) is 0 Å². The number of nitrogens with zero attached hydrogens (tertiary/aromatic N) is 1. The summed E-state index contributed by atoms with van der Waals surface area (Å²) in [6, 6.07) is 4.59. The number of anilines is 2. The molecule has 1 aromatic carbocycles. The van der Waals surface area contributed by atoms with Gasteiger partial charge in [-0.05, 0) is 24.6 Å². The molecule has 0 unspecified atom stereocenters. The Morgan fingerprint density at radius 3 is 2.73 bits per heavy atom. The summed E-state index contributed by atoms with van der Waals surface area (Å²) in [4.78, 5) is 36.0. The second-order valence-corrected chi connectivity index (χ2v) is 5.73. The van der Waals surface area contributed by atoms with Crippen molar-refractivity contribution < 1.29 is 19.5 Å². The van der Waals surface area contributed by atoms with Gasteiger partial charge in [0, 0.05) is 18.8 Å². The number of amides is 3. The maximum atomic E-state index is 12.0. The smallest absolute Gasteiger partial charge is 0.322 e. The molecule has 2 atom stereocenters. The first-order valence-electron chi connectivity index (χ1n) is 6.86. The van der Waals surface area contributed by atoms with Gasteiger partial charge in [0.15, 0.2) is 0 Å². The summed E-state index contributed by atoms with van der Waals surface area (Å²) in [6.07, 6.45) is 0.357. The summed E-state index contributed by atoms with van der Waals surface area (Å²) >= 11 is 6.11. The van der Waals surface area contributed by atoms with Gasteiger partial charge in [-0.2, -0.15) is 0 Å². The van der Waals surface area contributed by atoms with Crippen LogP contribution in [0.15, 0.2) is 18.2 Å². The van der Waals surface area contributed by atoms with Crippen LogP contribution >= 0.6 is 11.6 Å². The molecule has 1 aliphatic heterocycles. The van der Waals surface area contributed by atoms with Crippen molar-refractivity contribution in [3.8, 4) is 0 Å². The predicted octanol–water partition coefficient (Wildman–Crippen LogP) is 1.53. The molecule has 7 nitrogen and oxygen atoms in total. The Morgan fingerprint density at radius 2 is 2.14 bits per heavy atom. The van der Waals surface area contributed by atoms with E-state index in [4.69, 9.17) is 16.7 Å². The molecule has 8 heteroatoms. The third kappa shape index (κ3) is 2.71. The van der Waals surface area contributed by atoms with Crippen molar-refractivity contribution in [3.63, 3.8) is 0 Å². The highest BCUT2D eigenvalue weighted by molar-refractivity contribution is 6.34. The van der Waals surface area contributed by atoms with Gasteiger partial charge < -0.3 is 15.7 Å². The van der Waals surface area contributed by atoms with E-state index in [9.17, 15) is 14.4 Å². The zero-order valence-electron chi connectivity index (χ0n) is 11.5. The maximum Gasteiger partial charge on any atom is 0.322 e. The Bertz CT molecular complexity index is 663. The Kier molecular flexibility index (Phi) is 3.66. The fourth-order valence-corrected chi connectivity index (χ4v) is 2.71. The van der Waals surface area contributed by atoms with E-state index >= 15 is 0 Å². The van der Waals surface area contributed by atoms with Gasteiger partial charge in [-0.1, -0.05) is 11.6 Å². The van der Waals surface area contributed by atoms with Crippen LogP contribution < -0.4 is 15.5 Å². The molecule has 2 fully saturated rings. The fraction of sp³-hybridized carbons (Fsp3) is 0.357. The zero-order chi connectivity index (χ0) is 15.9. The quantitative estimate of drug-likeness (QED) is 0.782. The highest BCUT2D eigenvalue weighted by atomic mass is 35.5. The lowest BCUT2D eigenvalue weighted by molar-refractivity contribution is -0.139. The van der Waals surface area contributed by atoms with E-state index in [-0.39, 0.29) is 11.9 Å². The normalized spacial score (nSPS) is 23.1. The number of carbonyl (C=O) groups is 3. The fourth-order valence-electron chi connectivity index (χ4n) is 2.49. The van der Waals surface area contributed by atoms with E-state index in [1.54, 1.807) is 18.2 Å². The summed E-state index contributed by atoms with van der Waals surface area (Å²) in [7, 11) is 0. The van der Waals surface area contributed by atoms with Gasteiger partial charge in [0.05, 0.1) is 22.5 Å². The van der Waals surface area contributed by atoms with Crippen molar-refractivity contribution in [1.29, 1.82) is 0 Å². The summed E-state index contributed by atoms with van der Waals surface area (Å²) in [5.74, 6) is -2.37. The predicted molar refractivity (Wildman–Crippen MR) is 80.1 cm³/mol. The van der Waals surface area contributed by atoms with Gasteiger partial charge in [-0.3, -0.25) is 14.5 Å². The lowest BCUT2D eigenvalue weighted by Gasteiger charge is -2.17. The van der Waals surface area contributed by atoms with Gasteiger partial charge in [-0.15, -0.1) is 0 Å². The Labute approximate surface area is 131 Å². The van der Waals surface area contributed by atoms with Gasteiger partial charge in [0.2, 0.25) is 5.91 Å². The number of benzene rings is 1. The second-order valence-electron chi connectivity index (χ2n) is 5.33. The van der Waals surface area contributed by atoms with Crippen LogP contribution in [0.5, 0.6) is 0 Å². The van der Waals surface area contributed by atoms with Crippen molar-refractivity contribution in [2.75, 3.05) is 23.3 Å². The molecule has 1 aliphatic carbocycles. The molecule has 1 saturated heterocycles. The third-order valence-electron chi connectivity index (χ3n) is 3.81. The molecule has 3 amide bonds. The van der Waals surface area contributed by atoms with Crippen LogP contribution in [-0.2, 0) is 9.59 Å². The highest BCUT2D eigenvalue weighted by Crippen LogP contribution is 2.40. The van der Waals surface area contributed by atoms with E-state index < -0.39 is 17.8 Å². The number of halogens is 1. The van der Waals surface area contributed by atoms with Crippen molar-refractivity contribution in [2.45, 2.75) is 6.42 Å². The molecule has 0 radical (unpaired) electrons. The van der Waals surface area contributed by atoms with Crippen LogP contribution in [0, 0.1) is 11.8 Å². The maximum absolute atomic E-state index is 12.0. The molecular formula is C14H14ClN3O4. The van der Waals surface area contributed by atoms with Crippen LogP contribution in [0.4, 0.5) is 16.2 Å². The van der Waals surface area contributed by atoms with Crippen molar-refractivity contribution in [1.82, 2.24) is 5.32 Å². The largest absolute Gasteiger partial charge is 0.481 e. The van der Waals surface area contributed by atoms with Crippen LogP contribution in [0.2, 0.25) is 5.02 Å². The molecule has 116 valence electrons. The molecule has 0 aromatic heterocycles. The minimum absolute atomic E-state index is 0.237. The van der Waals surface area contributed by atoms with Crippen LogP contribution in [-0.4, -0.2) is 36.1 Å². The summed E-state index contributed by atoms with van der Waals surface area (Å²) in [5, 5.41) is 14.6. The topological polar surface area (TPSA) is 98.7 Å². The molecule has 1 heterocycles. The Balaban J connectivity index is 1.74. The van der Waals surface area contributed by atoms with E-state index in [1.165, 1.54) is 4.90 Å². The number of nitrogens with one attached hydrogen (secondary N) is 2. The van der Waals surface area contributed by atoms with Crippen molar-refractivity contribution in [3.05, 3.63) is 23.2 Å². The van der Waals surface area contributed by atoms with Crippen LogP contribution in [0.25, 0.3) is 0 Å². The number of urea groups is 1. The number of hydrogen-bond donors (Lipinski definition) is 3. The van der Waals surface area contributed by atoms with E-state index in [2.05, 4.69) is 10.6 Å². The lowest BCUT2D eigenvalue weighted by atomic mass is 10.2. The lowest BCUT2D eigenvalue weighted by Crippen LogP contribution is -2.28. The summed E-state index contributed by atoms with van der Waals surface area (Å²) < 4.78 is 0. The van der Waals surface area contributed by atoms with Gasteiger partial charge in [-0.25, -0.2) is 4.79 Å². The second kappa shape index (κ2) is 5.49. The molecular weight excluding hydrogens is 310 g/mol. The number of hydrogen-bond acceptors (Lipinski definition) is 3. The molecule has 3 rings (SSSR count). The monoisotopic (exact) mass is 323 g/mol. The van der Waals surface area contributed by atoms with Crippen molar-refractivity contribution in [2.24, 2.45) is 11.8 Å². The average molecular weight is 324 g/mol. The molecule has 22 heavy (non-hydrogen) atoms. The third-order valence-corrected chi connectivity index (χ3v) is 4.13. The first-order valence-corrected chi connectivity index (χ1v) is 7.24. The molecule has 2 aliphatic rings. The summed E-state index contributed by atoms with van der Waals surface area (Å²) in [5.41, 5.74) is 1.00. The van der Waals surface area contributed by atoms with Gasteiger partial charge in [0.25, 0.3) is 0 Å². The minimum atomic E-state index is -0.953. The highest BCUT2D eigenvalue weighted by Gasteiger charge is 2.48. The van der Waals surface area contributed by atoms with Crippen LogP contribution in [0.3, 0.4) is 0 Å². The molecule has 3 N–H and O–H groups in total. The standard InChI is InChI=1S/C14H14ClN3O4/c15-10-2-1-7(5-11(10)18-4-3-16-14(18)22)17-12(19)8-6-9(8)13(20)21/h1-2,5,8-9H,3-4,6H2,(H,16,22)(H,17,19)(H,20,21)/t8-,9+/m0/s1.